The average Bonchev–Trinajstić information content (AvgIpc) is 2.75. The molecule has 0 saturated carbocycles. The average molecular weight is 243 g/mol. The summed E-state index contributed by atoms with van der Waals surface area (Å²) in [6, 6.07) is 7.59. The van der Waals surface area contributed by atoms with Crippen molar-refractivity contribution in [1.29, 1.82) is 0 Å². The fraction of sp³-hybridized carbons (Fsp3) is 0.286. The summed E-state index contributed by atoms with van der Waals surface area (Å²) in [4.78, 5) is 11.9. The molecule has 0 bridgehead atoms. The minimum atomic E-state index is -0.0167. The molecular weight excluding hydrogens is 226 g/mol. The van der Waals surface area contributed by atoms with E-state index in [0.717, 1.165) is 23.1 Å². The van der Waals surface area contributed by atoms with E-state index in [0.29, 0.717) is 6.54 Å². The van der Waals surface area contributed by atoms with Crippen LogP contribution in [0.1, 0.15) is 21.5 Å². The Kier molecular flexibility index (Phi) is 3.77. The van der Waals surface area contributed by atoms with Crippen molar-refractivity contribution in [3.8, 4) is 0 Å². The molecule has 4 heteroatoms. The van der Waals surface area contributed by atoms with Gasteiger partial charge in [-0.1, -0.05) is 18.2 Å². The Labute approximate surface area is 107 Å². The summed E-state index contributed by atoms with van der Waals surface area (Å²) in [6.45, 7) is 2.56. The Balaban J connectivity index is 1.87. The SMILES string of the molecule is Cc1ccccc1C(=O)NCCc1cnn(C)c1. The fourth-order valence-corrected chi connectivity index (χ4v) is 1.84. The second-order valence-corrected chi connectivity index (χ2v) is 4.34. The van der Waals surface area contributed by atoms with Gasteiger partial charge in [0.1, 0.15) is 0 Å². The maximum absolute atomic E-state index is 11.9. The van der Waals surface area contributed by atoms with Gasteiger partial charge in [0.05, 0.1) is 6.20 Å². The Hall–Kier alpha value is -2.10. The van der Waals surface area contributed by atoms with Gasteiger partial charge in [-0.05, 0) is 30.5 Å². The third-order valence-electron chi connectivity index (χ3n) is 2.85. The van der Waals surface area contributed by atoms with Crippen LogP contribution >= 0.6 is 0 Å². The van der Waals surface area contributed by atoms with Gasteiger partial charge < -0.3 is 5.32 Å². The lowest BCUT2D eigenvalue weighted by atomic mass is 10.1. The largest absolute Gasteiger partial charge is 0.352 e. The summed E-state index contributed by atoms with van der Waals surface area (Å²) in [5.74, 6) is -0.0167. The molecule has 1 N–H and O–H groups in total. The number of hydrogen-bond acceptors (Lipinski definition) is 2. The molecular formula is C14H17N3O. The molecule has 0 radical (unpaired) electrons. The summed E-state index contributed by atoms with van der Waals surface area (Å²) in [6.07, 6.45) is 4.57. The maximum atomic E-state index is 11.9. The quantitative estimate of drug-likeness (QED) is 0.888. The molecule has 1 amide bonds. The first-order chi connectivity index (χ1) is 8.66. The minimum Gasteiger partial charge on any atom is -0.352 e. The predicted octanol–water partition coefficient (Wildman–Crippen LogP) is 1.70. The van der Waals surface area contributed by atoms with E-state index in [1.807, 2.05) is 50.6 Å². The zero-order valence-electron chi connectivity index (χ0n) is 10.7. The van der Waals surface area contributed by atoms with Crippen molar-refractivity contribution in [1.82, 2.24) is 15.1 Å². The highest BCUT2D eigenvalue weighted by atomic mass is 16.1. The van der Waals surface area contributed by atoms with E-state index < -0.39 is 0 Å². The number of nitrogens with one attached hydrogen (secondary N) is 1. The fourth-order valence-electron chi connectivity index (χ4n) is 1.84. The van der Waals surface area contributed by atoms with Crippen molar-refractivity contribution < 1.29 is 4.79 Å². The summed E-state index contributed by atoms with van der Waals surface area (Å²) in [5.41, 5.74) is 2.86. The molecule has 0 aliphatic rings. The van der Waals surface area contributed by atoms with Crippen molar-refractivity contribution >= 4 is 5.91 Å². The number of nitrogens with zero attached hydrogens (tertiary/aromatic N) is 2. The molecule has 94 valence electrons. The van der Waals surface area contributed by atoms with Gasteiger partial charge in [0, 0.05) is 25.4 Å². The Morgan fingerprint density at radius 3 is 2.83 bits per heavy atom. The third kappa shape index (κ3) is 2.97. The molecule has 0 spiro atoms. The van der Waals surface area contributed by atoms with E-state index in [-0.39, 0.29) is 5.91 Å². The van der Waals surface area contributed by atoms with E-state index in [4.69, 9.17) is 0 Å². The molecule has 1 aromatic heterocycles. The molecule has 0 fully saturated rings. The van der Waals surface area contributed by atoms with Crippen molar-refractivity contribution in [3.05, 3.63) is 53.3 Å². The number of aryl methyl sites for hydroxylation is 2. The summed E-state index contributed by atoms with van der Waals surface area (Å²) in [7, 11) is 1.88. The maximum Gasteiger partial charge on any atom is 0.251 e. The van der Waals surface area contributed by atoms with E-state index in [9.17, 15) is 4.79 Å². The van der Waals surface area contributed by atoms with Crippen molar-refractivity contribution in [2.75, 3.05) is 6.54 Å². The number of carbonyl (C=O) groups excluding carboxylic acids is 1. The number of aromatic nitrogens is 2. The van der Waals surface area contributed by atoms with Crippen LogP contribution in [-0.2, 0) is 13.5 Å². The van der Waals surface area contributed by atoms with E-state index in [1.165, 1.54) is 0 Å². The van der Waals surface area contributed by atoms with Crippen LogP contribution in [0.25, 0.3) is 0 Å². The molecule has 0 unspecified atom stereocenters. The van der Waals surface area contributed by atoms with E-state index in [2.05, 4.69) is 10.4 Å². The zero-order valence-corrected chi connectivity index (χ0v) is 10.7. The lowest BCUT2D eigenvalue weighted by molar-refractivity contribution is 0.0953. The topological polar surface area (TPSA) is 46.9 Å². The molecule has 0 aliphatic heterocycles. The second-order valence-electron chi connectivity index (χ2n) is 4.34. The molecule has 2 rings (SSSR count). The van der Waals surface area contributed by atoms with Crippen molar-refractivity contribution in [2.45, 2.75) is 13.3 Å². The molecule has 1 heterocycles. The van der Waals surface area contributed by atoms with Crippen LogP contribution in [-0.4, -0.2) is 22.2 Å². The van der Waals surface area contributed by atoms with Crippen LogP contribution in [0.2, 0.25) is 0 Å². The van der Waals surface area contributed by atoms with Crippen LogP contribution in [0.15, 0.2) is 36.7 Å². The van der Waals surface area contributed by atoms with Gasteiger partial charge in [-0.15, -0.1) is 0 Å². The van der Waals surface area contributed by atoms with Crippen LogP contribution < -0.4 is 5.32 Å². The number of amides is 1. The van der Waals surface area contributed by atoms with Crippen LogP contribution in [0.5, 0.6) is 0 Å². The molecule has 0 saturated heterocycles. The second kappa shape index (κ2) is 5.49. The zero-order chi connectivity index (χ0) is 13.0. The van der Waals surface area contributed by atoms with Gasteiger partial charge in [-0.25, -0.2) is 0 Å². The first-order valence-corrected chi connectivity index (χ1v) is 5.98. The highest BCUT2D eigenvalue weighted by Gasteiger charge is 2.07. The normalized spacial score (nSPS) is 10.3. The molecule has 0 atom stereocenters. The van der Waals surface area contributed by atoms with E-state index in [1.54, 1.807) is 4.68 Å². The predicted molar refractivity (Wildman–Crippen MR) is 70.4 cm³/mol. The number of carbonyl (C=O) groups is 1. The van der Waals surface area contributed by atoms with E-state index >= 15 is 0 Å². The standard InChI is InChI=1S/C14H17N3O/c1-11-5-3-4-6-13(11)14(18)15-8-7-12-9-16-17(2)10-12/h3-6,9-10H,7-8H2,1-2H3,(H,15,18). The third-order valence-corrected chi connectivity index (χ3v) is 2.85. The first kappa shape index (κ1) is 12.4. The van der Waals surface area contributed by atoms with Crippen LogP contribution in [0, 0.1) is 6.92 Å². The number of rotatable bonds is 4. The monoisotopic (exact) mass is 243 g/mol. The van der Waals surface area contributed by atoms with Crippen molar-refractivity contribution in [2.24, 2.45) is 7.05 Å². The molecule has 18 heavy (non-hydrogen) atoms. The Morgan fingerprint density at radius 2 is 2.17 bits per heavy atom. The summed E-state index contributed by atoms with van der Waals surface area (Å²) >= 11 is 0. The van der Waals surface area contributed by atoms with Crippen LogP contribution in [0.3, 0.4) is 0 Å². The highest BCUT2D eigenvalue weighted by Crippen LogP contribution is 2.06. The lowest BCUT2D eigenvalue weighted by Crippen LogP contribution is -2.26. The molecule has 0 aliphatic carbocycles. The Bertz CT molecular complexity index is 545. The van der Waals surface area contributed by atoms with Gasteiger partial charge in [0.2, 0.25) is 0 Å². The molecule has 4 nitrogen and oxygen atoms in total. The minimum absolute atomic E-state index is 0.0167. The van der Waals surface area contributed by atoms with Gasteiger partial charge in [-0.3, -0.25) is 9.48 Å². The molecule has 1 aromatic carbocycles. The molecule has 2 aromatic rings. The number of hydrogen-bond donors (Lipinski definition) is 1. The van der Waals surface area contributed by atoms with Gasteiger partial charge >= 0.3 is 0 Å². The smallest absolute Gasteiger partial charge is 0.251 e. The van der Waals surface area contributed by atoms with Gasteiger partial charge in [-0.2, -0.15) is 5.10 Å². The summed E-state index contributed by atoms with van der Waals surface area (Å²) in [5, 5.41) is 7.01. The lowest BCUT2D eigenvalue weighted by Gasteiger charge is -2.06. The van der Waals surface area contributed by atoms with Gasteiger partial charge in [0.15, 0.2) is 0 Å². The highest BCUT2D eigenvalue weighted by molar-refractivity contribution is 5.95. The van der Waals surface area contributed by atoms with Crippen LogP contribution in [0.4, 0.5) is 0 Å². The first-order valence-electron chi connectivity index (χ1n) is 5.98. The summed E-state index contributed by atoms with van der Waals surface area (Å²) < 4.78 is 1.76. The van der Waals surface area contributed by atoms with Gasteiger partial charge in [0.25, 0.3) is 5.91 Å². The van der Waals surface area contributed by atoms with Crippen molar-refractivity contribution in [3.63, 3.8) is 0 Å². The Morgan fingerprint density at radius 1 is 1.39 bits per heavy atom. The number of benzene rings is 1.